The van der Waals surface area contributed by atoms with Crippen LogP contribution in [0.1, 0.15) is 5.56 Å². The van der Waals surface area contributed by atoms with Crippen LogP contribution in [0.3, 0.4) is 0 Å². The minimum atomic E-state index is 1.20. The van der Waals surface area contributed by atoms with Crippen molar-refractivity contribution in [2.75, 3.05) is 0 Å². The van der Waals surface area contributed by atoms with Gasteiger partial charge in [0.15, 0.2) is 0 Å². The van der Waals surface area contributed by atoms with Crippen LogP contribution in [-0.2, 0) is 0 Å². The average Bonchev–Trinajstić information content (AvgIpc) is 3.48. The molecule has 0 aliphatic rings. The zero-order valence-corrected chi connectivity index (χ0v) is 19.5. The van der Waals surface area contributed by atoms with Crippen molar-refractivity contribution in [3.63, 3.8) is 0 Å². The van der Waals surface area contributed by atoms with E-state index in [4.69, 9.17) is 0 Å². The molecule has 35 heavy (non-hydrogen) atoms. The fourth-order valence-electron chi connectivity index (χ4n) is 5.45. The van der Waals surface area contributed by atoms with E-state index in [1.807, 2.05) is 0 Å². The molecule has 0 bridgehead atoms. The fourth-order valence-corrected chi connectivity index (χ4v) is 5.45. The lowest BCUT2D eigenvalue weighted by Gasteiger charge is -2.19. The van der Waals surface area contributed by atoms with Gasteiger partial charge < -0.3 is 9.13 Å². The molecule has 0 radical (unpaired) electrons. The van der Waals surface area contributed by atoms with Gasteiger partial charge in [-0.05, 0) is 59.8 Å². The van der Waals surface area contributed by atoms with Crippen molar-refractivity contribution >= 4 is 32.7 Å². The van der Waals surface area contributed by atoms with Crippen molar-refractivity contribution in [3.05, 3.63) is 133 Å². The Hall–Kier alpha value is -4.56. The number of para-hydroxylation sites is 3. The summed E-state index contributed by atoms with van der Waals surface area (Å²) in [5.74, 6) is 0. The normalized spacial score (nSPS) is 11.6. The molecule has 0 unspecified atom stereocenters. The summed E-state index contributed by atoms with van der Waals surface area (Å²) in [6.07, 6.45) is 2.18. The van der Waals surface area contributed by atoms with Crippen molar-refractivity contribution in [2.24, 2.45) is 0 Å². The molecule has 0 spiro atoms. The van der Waals surface area contributed by atoms with Gasteiger partial charge in [-0.1, -0.05) is 84.9 Å². The van der Waals surface area contributed by atoms with Gasteiger partial charge in [0.1, 0.15) is 0 Å². The van der Waals surface area contributed by atoms with E-state index in [0.29, 0.717) is 0 Å². The van der Waals surface area contributed by atoms with E-state index in [0.717, 1.165) is 0 Å². The summed E-state index contributed by atoms with van der Waals surface area (Å²) in [6.45, 7) is 2.22. The van der Waals surface area contributed by atoms with Crippen LogP contribution >= 0.6 is 0 Å². The zero-order valence-electron chi connectivity index (χ0n) is 19.5. The van der Waals surface area contributed by atoms with E-state index in [9.17, 15) is 0 Å². The van der Waals surface area contributed by atoms with Gasteiger partial charge in [-0.15, -0.1) is 0 Å². The molecule has 0 aliphatic carbocycles. The summed E-state index contributed by atoms with van der Waals surface area (Å²) in [7, 11) is 0. The van der Waals surface area contributed by atoms with Crippen molar-refractivity contribution < 1.29 is 0 Å². The molecule has 5 aromatic carbocycles. The maximum Gasteiger partial charge on any atom is 0.0544 e. The Morgan fingerprint density at radius 2 is 1.11 bits per heavy atom. The standard InChI is InChI=1S/C33H24N2/c1-23-21-33(35-30-17-9-6-14-26(30)27-15-7-10-18-31(27)35)28(24-11-3-2-4-12-24)22-32(23)34-20-19-25-13-5-8-16-29(25)34/h2-22H,1H3. The second-order valence-electron chi connectivity index (χ2n) is 9.14. The molecular formula is C33H24N2. The molecule has 0 aliphatic heterocycles. The van der Waals surface area contributed by atoms with Crippen LogP contribution in [0.2, 0.25) is 0 Å². The van der Waals surface area contributed by atoms with E-state index in [2.05, 4.69) is 144 Å². The smallest absolute Gasteiger partial charge is 0.0544 e. The number of rotatable bonds is 3. The quantitative estimate of drug-likeness (QED) is 0.256. The third kappa shape index (κ3) is 3.04. The Labute approximate surface area is 204 Å². The summed E-state index contributed by atoms with van der Waals surface area (Å²) < 4.78 is 4.74. The first kappa shape index (κ1) is 19.9. The van der Waals surface area contributed by atoms with Crippen LogP contribution in [0, 0.1) is 6.92 Å². The fraction of sp³-hybridized carbons (Fsp3) is 0.0303. The van der Waals surface area contributed by atoms with E-state index < -0.39 is 0 Å². The van der Waals surface area contributed by atoms with Gasteiger partial charge in [0, 0.05) is 28.2 Å². The Morgan fingerprint density at radius 1 is 0.514 bits per heavy atom. The number of hydrogen-bond donors (Lipinski definition) is 0. The second-order valence-corrected chi connectivity index (χ2v) is 9.14. The molecule has 0 N–H and O–H groups in total. The van der Waals surface area contributed by atoms with Crippen LogP contribution in [0.25, 0.3) is 55.2 Å². The Balaban J connectivity index is 1.59. The number of fused-ring (bicyclic) bond motifs is 4. The molecule has 2 heteroatoms. The number of aromatic nitrogens is 2. The molecule has 0 fully saturated rings. The zero-order chi connectivity index (χ0) is 23.4. The summed E-state index contributed by atoms with van der Waals surface area (Å²) in [5, 5.41) is 3.81. The Kier molecular flexibility index (Phi) is 4.40. The number of nitrogens with zero attached hydrogens (tertiary/aromatic N) is 2. The maximum atomic E-state index is 2.43. The number of benzene rings is 5. The van der Waals surface area contributed by atoms with Gasteiger partial charge in [-0.2, -0.15) is 0 Å². The van der Waals surface area contributed by atoms with Gasteiger partial charge in [-0.3, -0.25) is 0 Å². The average molecular weight is 449 g/mol. The molecule has 7 aromatic rings. The second kappa shape index (κ2) is 7.75. The molecule has 7 rings (SSSR count). The first-order chi connectivity index (χ1) is 17.3. The van der Waals surface area contributed by atoms with Crippen LogP contribution in [0.5, 0.6) is 0 Å². The highest BCUT2D eigenvalue weighted by Crippen LogP contribution is 2.38. The molecule has 0 amide bonds. The van der Waals surface area contributed by atoms with Crippen LogP contribution in [0.15, 0.2) is 128 Å². The minimum Gasteiger partial charge on any atom is -0.316 e. The van der Waals surface area contributed by atoms with Crippen molar-refractivity contribution in [2.45, 2.75) is 6.92 Å². The minimum absolute atomic E-state index is 1.20. The largest absolute Gasteiger partial charge is 0.316 e. The first-order valence-corrected chi connectivity index (χ1v) is 12.0. The predicted octanol–water partition coefficient (Wildman–Crippen LogP) is 8.70. The van der Waals surface area contributed by atoms with Crippen molar-refractivity contribution in [3.8, 4) is 22.5 Å². The van der Waals surface area contributed by atoms with Gasteiger partial charge >= 0.3 is 0 Å². The van der Waals surface area contributed by atoms with Gasteiger partial charge in [0.05, 0.1) is 22.2 Å². The monoisotopic (exact) mass is 448 g/mol. The lowest BCUT2D eigenvalue weighted by Crippen LogP contribution is -2.02. The summed E-state index contributed by atoms with van der Waals surface area (Å²) in [4.78, 5) is 0. The molecular weight excluding hydrogens is 424 g/mol. The van der Waals surface area contributed by atoms with E-state index >= 15 is 0 Å². The molecule has 166 valence electrons. The van der Waals surface area contributed by atoms with E-state index in [1.54, 1.807) is 0 Å². The molecule has 0 atom stereocenters. The van der Waals surface area contributed by atoms with E-state index in [1.165, 1.54) is 60.8 Å². The van der Waals surface area contributed by atoms with Crippen LogP contribution in [-0.4, -0.2) is 9.13 Å². The van der Waals surface area contributed by atoms with Gasteiger partial charge in [0.25, 0.3) is 0 Å². The predicted molar refractivity (Wildman–Crippen MR) is 148 cm³/mol. The Morgan fingerprint density at radius 3 is 1.83 bits per heavy atom. The van der Waals surface area contributed by atoms with Crippen LogP contribution in [0.4, 0.5) is 0 Å². The summed E-state index contributed by atoms with van der Waals surface area (Å²) in [6, 6.07) is 43.6. The van der Waals surface area contributed by atoms with Crippen LogP contribution < -0.4 is 0 Å². The third-order valence-electron chi connectivity index (χ3n) is 7.08. The lowest BCUT2D eigenvalue weighted by molar-refractivity contribution is 1.09. The van der Waals surface area contributed by atoms with Crippen molar-refractivity contribution in [1.29, 1.82) is 0 Å². The molecule has 0 saturated heterocycles. The lowest BCUT2D eigenvalue weighted by atomic mass is 9.99. The summed E-state index contributed by atoms with van der Waals surface area (Å²) in [5.41, 5.74) is 9.74. The molecule has 0 saturated carbocycles. The molecule has 2 nitrogen and oxygen atoms in total. The highest BCUT2D eigenvalue weighted by Gasteiger charge is 2.18. The number of hydrogen-bond acceptors (Lipinski definition) is 0. The summed E-state index contributed by atoms with van der Waals surface area (Å²) >= 11 is 0. The first-order valence-electron chi connectivity index (χ1n) is 12.0. The van der Waals surface area contributed by atoms with Gasteiger partial charge in [0.2, 0.25) is 0 Å². The highest BCUT2D eigenvalue weighted by molar-refractivity contribution is 6.09. The molecule has 2 aromatic heterocycles. The third-order valence-corrected chi connectivity index (χ3v) is 7.08. The SMILES string of the molecule is Cc1cc(-n2c3ccccc3c3ccccc32)c(-c2ccccc2)cc1-n1ccc2ccccc21. The Bertz CT molecular complexity index is 1800. The van der Waals surface area contributed by atoms with Gasteiger partial charge in [-0.25, -0.2) is 0 Å². The topological polar surface area (TPSA) is 9.86 Å². The molecule has 2 heterocycles. The number of aryl methyl sites for hydroxylation is 1. The van der Waals surface area contributed by atoms with E-state index in [-0.39, 0.29) is 0 Å². The maximum absolute atomic E-state index is 2.43. The highest BCUT2D eigenvalue weighted by atomic mass is 15.0. The van der Waals surface area contributed by atoms with Crippen molar-refractivity contribution in [1.82, 2.24) is 9.13 Å².